The molecule has 0 radical (unpaired) electrons. The van der Waals surface area contributed by atoms with Crippen LogP contribution in [0, 0.1) is 13.8 Å². The van der Waals surface area contributed by atoms with Crippen molar-refractivity contribution in [2.45, 2.75) is 53.1 Å². The van der Waals surface area contributed by atoms with Crippen LogP contribution >= 0.6 is 24.0 Å². The minimum Gasteiger partial charge on any atom is -0.372 e. The fraction of sp³-hybridized carbons (Fsp3) is 0.423. The molecule has 1 saturated heterocycles. The second kappa shape index (κ2) is 12.2. The van der Waals surface area contributed by atoms with E-state index in [4.69, 9.17) is 4.99 Å². The van der Waals surface area contributed by atoms with E-state index in [1.165, 1.54) is 24.1 Å². The predicted molar refractivity (Wildman–Crippen MR) is 151 cm³/mol. The van der Waals surface area contributed by atoms with E-state index in [1.54, 1.807) is 0 Å². The number of nitrogens with one attached hydrogen (secondary N) is 2. The summed E-state index contributed by atoms with van der Waals surface area (Å²) < 4.78 is 1.87. The molecule has 0 bridgehead atoms. The van der Waals surface area contributed by atoms with Gasteiger partial charge in [0.2, 0.25) is 0 Å². The van der Waals surface area contributed by atoms with E-state index in [0.29, 0.717) is 6.54 Å². The number of hydrogen-bond donors (Lipinski definition) is 2. The fourth-order valence-corrected chi connectivity index (χ4v) is 4.24. The summed E-state index contributed by atoms with van der Waals surface area (Å²) in [6, 6.07) is 15.1. The first-order chi connectivity index (χ1) is 16.0. The molecule has 1 atom stereocenters. The number of aliphatic imine (C=N–C) groups is 1. The Morgan fingerprint density at radius 2 is 1.91 bits per heavy atom. The molecule has 0 saturated carbocycles. The zero-order valence-electron chi connectivity index (χ0n) is 20.6. The van der Waals surface area contributed by atoms with Crippen molar-refractivity contribution in [1.29, 1.82) is 0 Å². The van der Waals surface area contributed by atoms with Crippen molar-refractivity contribution in [2.75, 3.05) is 24.5 Å². The summed E-state index contributed by atoms with van der Waals surface area (Å²) in [6.07, 6.45) is 4.44. The number of pyridine rings is 1. The summed E-state index contributed by atoms with van der Waals surface area (Å²) in [6.45, 7) is 12.0. The van der Waals surface area contributed by atoms with Gasteiger partial charge in [-0.05, 0) is 75.9 Å². The van der Waals surface area contributed by atoms with Crippen molar-refractivity contribution in [2.24, 2.45) is 4.99 Å². The van der Waals surface area contributed by atoms with E-state index in [-0.39, 0.29) is 30.0 Å². The molecule has 7 nitrogen and oxygen atoms in total. The van der Waals surface area contributed by atoms with Crippen molar-refractivity contribution in [3.63, 3.8) is 0 Å². The van der Waals surface area contributed by atoms with Crippen molar-refractivity contribution < 1.29 is 0 Å². The maximum atomic E-state index is 4.79. The Kier molecular flexibility index (Phi) is 9.32. The average Bonchev–Trinajstić information content (AvgIpc) is 3.48. The first kappa shape index (κ1) is 26.0. The van der Waals surface area contributed by atoms with E-state index < -0.39 is 0 Å². The molecule has 8 heteroatoms. The molecule has 3 heterocycles. The van der Waals surface area contributed by atoms with Crippen LogP contribution in [0.25, 0.3) is 5.82 Å². The molecule has 1 unspecified atom stereocenters. The monoisotopic (exact) mass is 573 g/mol. The highest BCUT2D eigenvalue weighted by Gasteiger charge is 2.14. The lowest BCUT2D eigenvalue weighted by Crippen LogP contribution is -2.38. The normalized spacial score (nSPS) is 14.6. The van der Waals surface area contributed by atoms with Crippen molar-refractivity contribution in [3.05, 3.63) is 71.2 Å². The van der Waals surface area contributed by atoms with Crippen molar-refractivity contribution >= 4 is 35.6 Å². The van der Waals surface area contributed by atoms with Gasteiger partial charge in [0.15, 0.2) is 11.8 Å². The Bertz CT molecular complexity index is 1080. The van der Waals surface area contributed by atoms with Crippen molar-refractivity contribution in [1.82, 2.24) is 25.4 Å². The zero-order valence-corrected chi connectivity index (χ0v) is 22.9. The Morgan fingerprint density at radius 1 is 1.12 bits per heavy atom. The smallest absolute Gasteiger partial charge is 0.192 e. The molecular weight excluding hydrogens is 537 g/mol. The highest BCUT2D eigenvalue weighted by atomic mass is 127. The molecule has 2 aromatic heterocycles. The molecule has 0 aliphatic carbocycles. The van der Waals surface area contributed by atoms with Gasteiger partial charge in [-0.2, -0.15) is 5.10 Å². The number of aryl methyl sites for hydroxylation is 2. The molecule has 34 heavy (non-hydrogen) atoms. The largest absolute Gasteiger partial charge is 0.372 e. The number of aromatic nitrogens is 3. The van der Waals surface area contributed by atoms with Crippen LogP contribution in [0.1, 0.15) is 55.2 Å². The Hall–Kier alpha value is -2.62. The van der Waals surface area contributed by atoms with Crippen LogP contribution in [0.15, 0.2) is 53.7 Å². The van der Waals surface area contributed by atoms with E-state index in [9.17, 15) is 0 Å². The lowest BCUT2D eigenvalue weighted by atomic mass is 10.1. The predicted octanol–water partition coefficient (Wildman–Crippen LogP) is 4.92. The lowest BCUT2D eigenvalue weighted by molar-refractivity contribution is 0.686. The van der Waals surface area contributed by atoms with Gasteiger partial charge < -0.3 is 15.5 Å². The Labute approximate surface area is 220 Å². The SMILES string of the molecule is CCNC(=NCc1ccc(-n2nc(C)cc2C)nc1)NC(C)c1cccc(N2CCCC2)c1.I. The lowest BCUT2D eigenvalue weighted by Gasteiger charge is -2.22. The van der Waals surface area contributed by atoms with E-state index >= 15 is 0 Å². The summed E-state index contributed by atoms with van der Waals surface area (Å²) in [5, 5.41) is 11.4. The van der Waals surface area contributed by atoms with Crippen LogP contribution in [0.5, 0.6) is 0 Å². The molecule has 3 aromatic rings. The first-order valence-electron chi connectivity index (χ1n) is 11.9. The highest BCUT2D eigenvalue weighted by molar-refractivity contribution is 14.0. The third kappa shape index (κ3) is 6.49. The van der Waals surface area contributed by atoms with Gasteiger partial charge in [-0.15, -0.1) is 24.0 Å². The second-order valence-electron chi connectivity index (χ2n) is 8.71. The number of hydrogen-bond acceptors (Lipinski definition) is 4. The van der Waals surface area contributed by atoms with Gasteiger partial charge in [0.25, 0.3) is 0 Å². The molecule has 1 aromatic carbocycles. The Balaban J connectivity index is 0.00000324. The number of anilines is 1. The van der Waals surface area contributed by atoms with Crippen LogP contribution in [0.2, 0.25) is 0 Å². The molecule has 4 rings (SSSR count). The maximum Gasteiger partial charge on any atom is 0.192 e. The van der Waals surface area contributed by atoms with Gasteiger partial charge in [-0.3, -0.25) is 0 Å². The summed E-state index contributed by atoms with van der Waals surface area (Å²) in [5.74, 6) is 1.63. The highest BCUT2D eigenvalue weighted by Crippen LogP contribution is 2.24. The quantitative estimate of drug-likeness (QED) is 0.239. The van der Waals surface area contributed by atoms with Gasteiger partial charge in [0.05, 0.1) is 18.3 Å². The standard InChI is InChI=1S/C26H35N7.HI/c1-5-27-26(30-21(4)23-9-8-10-24(16-23)32-13-6-7-14-32)29-18-22-11-12-25(28-17-22)33-20(3)15-19(2)31-33;/h8-12,15-17,21H,5-7,13-14,18H2,1-4H3,(H2,27,29,30);1H. The summed E-state index contributed by atoms with van der Waals surface area (Å²) >= 11 is 0. The van der Waals surface area contributed by atoms with Crippen LogP contribution in [-0.2, 0) is 6.54 Å². The van der Waals surface area contributed by atoms with E-state index in [1.807, 2.05) is 30.8 Å². The van der Waals surface area contributed by atoms with Crippen LogP contribution in [0.4, 0.5) is 5.69 Å². The van der Waals surface area contributed by atoms with E-state index in [2.05, 4.69) is 75.9 Å². The van der Waals surface area contributed by atoms with Gasteiger partial charge in [0.1, 0.15) is 0 Å². The van der Waals surface area contributed by atoms with E-state index in [0.717, 1.165) is 48.4 Å². The van der Waals surface area contributed by atoms with Crippen molar-refractivity contribution in [3.8, 4) is 5.82 Å². The van der Waals surface area contributed by atoms with Gasteiger partial charge in [-0.1, -0.05) is 18.2 Å². The third-order valence-electron chi connectivity index (χ3n) is 5.99. The molecule has 0 spiro atoms. The number of guanidine groups is 1. The topological polar surface area (TPSA) is 70.4 Å². The molecule has 1 aliphatic rings. The van der Waals surface area contributed by atoms with Crippen LogP contribution < -0.4 is 15.5 Å². The van der Waals surface area contributed by atoms with Crippen LogP contribution in [-0.4, -0.2) is 40.4 Å². The van der Waals surface area contributed by atoms with Gasteiger partial charge >= 0.3 is 0 Å². The summed E-state index contributed by atoms with van der Waals surface area (Å²) in [5.41, 5.74) is 5.70. The Morgan fingerprint density at radius 3 is 2.56 bits per heavy atom. The number of benzene rings is 1. The number of halogens is 1. The molecule has 1 fully saturated rings. The molecule has 0 amide bonds. The average molecular weight is 574 g/mol. The van der Waals surface area contributed by atoms with Gasteiger partial charge in [-0.25, -0.2) is 14.7 Å². The maximum absolute atomic E-state index is 4.79. The number of nitrogens with zero attached hydrogens (tertiary/aromatic N) is 5. The molecule has 182 valence electrons. The molecule has 2 N–H and O–H groups in total. The number of rotatable bonds is 7. The molecule has 1 aliphatic heterocycles. The molecular formula is C26H36IN7. The summed E-state index contributed by atoms with van der Waals surface area (Å²) in [7, 11) is 0. The second-order valence-corrected chi connectivity index (χ2v) is 8.71. The zero-order chi connectivity index (χ0) is 23.2. The fourth-order valence-electron chi connectivity index (χ4n) is 4.24. The summed E-state index contributed by atoms with van der Waals surface area (Å²) in [4.78, 5) is 11.9. The minimum absolute atomic E-state index is 0. The van der Waals surface area contributed by atoms with Gasteiger partial charge in [0, 0.05) is 37.2 Å². The first-order valence-corrected chi connectivity index (χ1v) is 11.9. The minimum atomic E-state index is 0. The van der Waals surface area contributed by atoms with Crippen LogP contribution in [0.3, 0.4) is 0 Å². The third-order valence-corrected chi connectivity index (χ3v) is 5.99.